The minimum absolute atomic E-state index is 0.0118. The van der Waals surface area contributed by atoms with Gasteiger partial charge in [0.2, 0.25) is 5.91 Å². The number of hydrogen-bond donors (Lipinski definition) is 4. The van der Waals surface area contributed by atoms with Gasteiger partial charge in [0.05, 0.1) is 31.3 Å². The van der Waals surface area contributed by atoms with Crippen molar-refractivity contribution < 1.29 is 20.1 Å². The molecule has 3 atom stereocenters. The highest BCUT2D eigenvalue weighted by Gasteiger charge is 2.20. The van der Waals surface area contributed by atoms with Crippen molar-refractivity contribution in [2.45, 2.75) is 302 Å². The standard InChI is InChI=1S/C53H103NO4/c1-3-5-7-9-11-13-15-17-19-21-23-25-27-28-30-32-34-36-38-40-42-44-46-50(56)48-53(58)54-51(49-55)52(57)47-45-43-41-39-37-35-33-31-29-26-24-22-20-18-16-14-12-10-8-6-4-2/h28,30,45,47,50-52,55-57H,3-27,29,31-44,46,48-49H2,1-2H3,(H,54,58)/b30-28-,47-45+. The highest BCUT2D eigenvalue weighted by Crippen LogP contribution is 2.17. The summed E-state index contributed by atoms with van der Waals surface area (Å²) < 4.78 is 0. The molecule has 0 radical (unpaired) electrons. The van der Waals surface area contributed by atoms with Crippen molar-refractivity contribution in [2.75, 3.05) is 6.61 Å². The van der Waals surface area contributed by atoms with Crippen LogP contribution in [0.25, 0.3) is 0 Å². The Morgan fingerprint density at radius 3 is 1.05 bits per heavy atom. The number of allylic oxidation sites excluding steroid dienone is 3. The highest BCUT2D eigenvalue weighted by molar-refractivity contribution is 5.76. The maximum atomic E-state index is 12.5. The van der Waals surface area contributed by atoms with Crippen LogP contribution in [0.2, 0.25) is 0 Å². The van der Waals surface area contributed by atoms with E-state index in [2.05, 4.69) is 31.3 Å². The minimum atomic E-state index is -0.930. The summed E-state index contributed by atoms with van der Waals surface area (Å²) in [5, 5.41) is 33.4. The van der Waals surface area contributed by atoms with Gasteiger partial charge in [0.15, 0.2) is 0 Å². The molecule has 0 aliphatic heterocycles. The summed E-state index contributed by atoms with van der Waals surface area (Å²) in [6, 6.07) is -0.745. The van der Waals surface area contributed by atoms with Gasteiger partial charge >= 0.3 is 0 Å². The summed E-state index contributed by atoms with van der Waals surface area (Å²) in [6.07, 6.45) is 60.6. The SMILES string of the molecule is CCCCCCCCCCCCCC/C=C\CCCCCCCCC(O)CC(=O)NC(CO)C(O)/C=C/CCCCCCCCCCCCCCCCCCCCC. The molecule has 0 saturated carbocycles. The van der Waals surface area contributed by atoms with E-state index in [1.807, 2.05) is 6.08 Å². The number of aliphatic hydroxyl groups is 3. The van der Waals surface area contributed by atoms with E-state index < -0.39 is 18.2 Å². The molecule has 5 heteroatoms. The molecule has 5 nitrogen and oxygen atoms in total. The molecule has 0 aromatic carbocycles. The van der Waals surface area contributed by atoms with Crippen LogP contribution in [-0.2, 0) is 4.79 Å². The molecule has 0 aromatic heterocycles. The van der Waals surface area contributed by atoms with E-state index in [-0.39, 0.29) is 18.9 Å². The lowest BCUT2D eigenvalue weighted by Crippen LogP contribution is -2.45. The number of carbonyl (C=O) groups excluding carboxylic acids is 1. The van der Waals surface area contributed by atoms with Crippen molar-refractivity contribution in [1.82, 2.24) is 5.32 Å². The first-order valence-corrected chi connectivity index (χ1v) is 26.1. The zero-order valence-corrected chi connectivity index (χ0v) is 39.2. The third-order valence-electron chi connectivity index (χ3n) is 12.2. The van der Waals surface area contributed by atoms with Crippen molar-refractivity contribution in [2.24, 2.45) is 0 Å². The average Bonchev–Trinajstić information content (AvgIpc) is 3.22. The van der Waals surface area contributed by atoms with Gasteiger partial charge in [0, 0.05) is 0 Å². The zero-order chi connectivity index (χ0) is 42.3. The highest BCUT2D eigenvalue weighted by atomic mass is 16.3. The van der Waals surface area contributed by atoms with Gasteiger partial charge in [0.25, 0.3) is 0 Å². The van der Waals surface area contributed by atoms with Crippen LogP contribution in [-0.4, -0.2) is 46.1 Å². The van der Waals surface area contributed by atoms with E-state index in [9.17, 15) is 20.1 Å². The number of hydrogen-bond acceptors (Lipinski definition) is 4. The molecule has 0 aliphatic carbocycles. The second-order valence-electron chi connectivity index (χ2n) is 18.1. The Balaban J connectivity index is 3.60. The smallest absolute Gasteiger partial charge is 0.222 e. The van der Waals surface area contributed by atoms with E-state index in [1.165, 1.54) is 231 Å². The number of amides is 1. The van der Waals surface area contributed by atoms with Gasteiger partial charge in [-0.2, -0.15) is 0 Å². The van der Waals surface area contributed by atoms with Gasteiger partial charge in [-0.15, -0.1) is 0 Å². The molecule has 0 spiro atoms. The number of carbonyl (C=O) groups is 1. The largest absolute Gasteiger partial charge is 0.394 e. The van der Waals surface area contributed by atoms with E-state index in [1.54, 1.807) is 6.08 Å². The third-order valence-corrected chi connectivity index (χ3v) is 12.2. The van der Waals surface area contributed by atoms with Crippen LogP contribution >= 0.6 is 0 Å². The van der Waals surface area contributed by atoms with Crippen molar-refractivity contribution >= 4 is 5.91 Å². The molecule has 58 heavy (non-hydrogen) atoms. The van der Waals surface area contributed by atoms with Crippen molar-refractivity contribution in [3.8, 4) is 0 Å². The van der Waals surface area contributed by atoms with Crippen LogP contribution < -0.4 is 5.32 Å². The molecular formula is C53H103NO4. The Bertz CT molecular complexity index is 859. The third kappa shape index (κ3) is 44.4. The van der Waals surface area contributed by atoms with Gasteiger partial charge in [-0.1, -0.05) is 256 Å². The molecule has 0 fully saturated rings. The summed E-state index contributed by atoms with van der Waals surface area (Å²) in [4.78, 5) is 12.5. The predicted octanol–water partition coefficient (Wildman–Crippen LogP) is 15.7. The molecule has 0 aliphatic rings. The zero-order valence-electron chi connectivity index (χ0n) is 39.2. The lowest BCUT2D eigenvalue weighted by atomic mass is 10.0. The van der Waals surface area contributed by atoms with Crippen molar-refractivity contribution in [3.05, 3.63) is 24.3 Å². The first kappa shape index (κ1) is 56.8. The maximum absolute atomic E-state index is 12.5. The van der Waals surface area contributed by atoms with Gasteiger partial charge in [-0.3, -0.25) is 4.79 Å². The summed E-state index contributed by atoms with van der Waals surface area (Å²) in [5.41, 5.74) is 0. The number of unbranched alkanes of at least 4 members (excludes halogenated alkanes) is 37. The summed E-state index contributed by atoms with van der Waals surface area (Å²) in [7, 11) is 0. The Hall–Kier alpha value is -1.17. The second-order valence-corrected chi connectivity index (χ2v) is 18.1. The fraction of sp³-hybridized carbons (Fsp3) is 0.906. The molecule has 0 aromatic rings. The van der Waals surface area contributed by atoms with Crippen LogP contribution in [0.15, 0.2) is 24.3 Å². The topological polar surface area (TPSA) is 89.8 Å². The van der Waals surface area contributed by atoms with Crippen molar-refractivity contribution in [1.29, 1.82) is 0 Å². The Kier molecular flexibility index (Phi) is 47.5. The fourth-order valence-electron chi connectivity index (χ4n) is 8.22. The molecule has 0 saturated heterocycles. The summed E-state index contributed by atoms with van der Waals surface area (Å²) in [5.74, 6) is -0.315. The van der Waals surface area contributed by atoms with E-state index in [4.69, 9.17) is 0 Å². The number of aliphatic hydroxyl groups excluding tert-OH is 3. The van der Waals surface area contributed by atoms with Crippen LogP contribution in [0.5, 0.6) is 0 Å². The molecule has 344 valence electrons. The second kappa shape index (κ2) is 48.5. The van der Waals surface area contributed by atoms with Gasteiger partial charge in [-0.05, 0) is 44.9 Å². The van der Waals surface area contributed by atoms with Crippen LogP contribution in [0, 0.1) is 0 Å². The molecule has 1 amide bonds. The summed E-state index contributed by atoms with van der Waals surface area (Å²) >= 11 is 0. The van der Waals surface area contributed by atoms with E-state index in [0.29, 0.717) is 6.42 Å². The van der Waals surface area contributed by atoms with Crippen LogP contribution in [0.4, 0.5) is 0 Å². The van der Waals surface area contributed by atoms with Gasteiger partial charge in [0.1, 0.15) is 0 Å². The molecular weight excluding hydrogens is 715 g/mol. The first-order chi connectivity index (χ1) is 28.5. The lowest BCUT2D eigenvalue weighted by molar-refractivity contribution is -0.124. The van der Waals surface area contributed by atoms with Gasteiger partial charge in [-0.25, -0.2) is 0 Å². The minimum Gasteiger partial charge on any atom is -0.394 e. The predicted molar refractivity (Wildman–Crippen MR) is 255 cm³/mol. The number of nitrogens with one attached hydrogen (secondary N) is 1. The quantitative estimate of drug-likeness (QED) is 0.0364. The van der Waals surface area contributed by atoms with Gasteiger partial charge < -0.3 is 20.6 Å². The molecule has 0 bridgehead atoms. The molecule has 4 N–H and O–H groups in total. The molecule has 3 unspecified atom stereocenters. The summed E-state index contributed by atoms with van der Waals surface area (Å²) in [6.45, 7) is 4.24. The Labute approximate surface area is 362 Å². The fourth-order valence-corrected chi connectivity index (χ4v) is 8.22. The normalized spacial score (nSPS) is 13.5. The lowest BCUT2D eigenvalue weighted by Gasteiger charge is -2.21. The van der Waals surface area contributed by atoms with E-state index in [0.717, 1.165) is 25.7 Å². The molecule has 0 heterocycles. The van der Waals surface area contributed by atoms with Crippen molar-refractivity contribution in [3.63, 3.8) is 0 Å². The Morgan fingerprint density at radius 1 is 0.431 bits per heavy atom. The average molecular weight is 818 g/mol. The van der Waals surface area contributed by atoms with Crippen LogP contribution in [0.3, 0.4) is 0 Å². The number of rotatable bonds is 48. The monoisotopic (exact) mass is 818 g/mol. The first-order valence-electron chi connectivity index (χ1n) is 26.1. The Morgan fingerprint density at radius 2 is 0.724 bits per heavy atom. The van der Waals surface area contributed by atoms with Crippen LogP contribution in [0.1, 0.15) is 284 Å². The molecule has 0 rings (SSSR count). The van der Waals surface area contributed by atoms with E-state index >= 15 is 0 Å². The maximum Gasteiger partial charge on any atom is 0.222 e.